The monoisotopic (exact) mass is 398 g/mol. The summed E-state index contributed by atoms with van der Waals surface area (Å²) in [6.07, 6.45) is -0.858. The van der Waals surface area contributed by atoms with E-state index >= 15 is 0 Å². The van der Waals surface area contributed by atoms with E-state index in [2.05, 4.69) is 15.8 Å². The van der Waals surface area contributed by atoms with E-state index in [1.54, 1.807) is 31.2 Å². The average Bonchev–Trinajstić information content (AvgIpc) is 2.75. The van der Waals surface area contributed by atoms with Gasteiger partial charge < -0.3 is 14.8 Å². The highest BCUT2D eigenvalue weighted by atomic mass is 16.6. The Labute approximate surface area is 165 Å². The van der Waals surface area contributed by atoms with Gasteiger partial charge in [-0.3, -0.25) is 19.7 Å². The van der Waals surface area contributed by atoms with Crippen molar-refractivity contribution in [3.8, 4) is 11.5 Å². The molecule has 0 saturated carbocycles. The Morgan fingerprint density at radius 1 is 1.17 bits per heavy atom. The fourth-order valence-electron chi connectivity index (χ4n) is 2.50. The number of carbonyl (C=O) groups is 2. The molecule has 1 aliphatic rings. The van der Waals surface area contributed by atoms with E-state index in [0.717, 1.165) is 0 Å². The molecule has 2 aromatic rings. The lowest BCUT2D eigenvalue weighted by atomic mass is 10.1. The quantitative estimate of drug-likeness (QED) is 0.429. The third kappa shape index (κ3) is 5.06. The highest BCUT2D eigenvalue weighted by molar-refractivity contribution is 5.99. The Kier molecular flexibility index (Phi) is 6.03. The van der Waals surface area contributed by atoms with Gasteiger partial charge in [0.05, 0.1) is 17.2 Å². The van der Waals surface area contributed by atoms with Crippen molar-refractivity contribution in [2.45, 2.75) is 13.0 Å². The summed E-state index contributed by atoms with van der Waals surface area (Å²) in [5.74, 6) is 0.0134. The maximum atomic E-state index is 12.2. The smallest absolute Gasteiger partial charge is 0.269 e. The number of nitro benzene ring substituents is 1. The number of benzene rings is 2. The number of amides is 2. The molecule has 2 aromatic carbocycles. The predicted octanol–water partition coefficient (Wildman–Crippen LogP) is 1.39. The second-order valence-electron chi connectivity index (χ2n) is 6.12. The van der Waals surface area contributed by atoms with Crippen molar-refractivity contribution < 1.29 is 24.0 Å². The number of nitro groups is 1. The van der Waals surface area contributed by atoms with E-state index in [9.17, 15) is 19.7 Å². The van der Waals surface area contributed by atoms with Gasteiger partial charge in [-0.2, -0.15) is 5.10 Å². The van der Waals surface area contributed by atoms with Gasteiger partial charge in [0, 0.05) is 12.1 Å². The van der Waals surface area contributed by atoms with Crippen LogP contribution >= 0.6 is 0 Å². The van der Waals surface area contributed by atoms with Crippen LogP contribution in [0, 0.1) is 10.1 Å². The van der Waals surface area contributed by atoms with Gasteiger partial charge in [-0.25, -0.2) is 5.43 Å². The van der Waals surface area contributed by atoms with Crippen LogP contribution in [0.15, 0.2) is 53.6 Å². The Morgan fingerprint density at radius 2 is 1.86 bits per heavy atom. The van der Waals surface area contributed by atoms with Crippen molar-refractivity contribution in [1.29, 1.82) is 0 Å². The van der Waals surface area contributed by atoms with Gasteiger partial charge in [-0.15, -0.1) is 0 Å². The Hall–Kier alpha value is -3.95. The summed E-state index contributed by atoms with van der Waals surface area (Å²) in [7, 11) is 0. The second kappa shape index (κ2) is 8.83. The van der Waals surface area contributed by atoms with Crippen LogP contribution in [0.25, 0.3) is 0 Å². The Morgan fingerprint density at radius 3 is 2.55 bits per heavy atom. The largest absolute Gasteiger partial charge is 0.485 e. The Balaban J connectivity index is 1.47. The number of nitrogens with zero attached hydrogens (tertiary/aromatic N) is 2. The first-order valence-corrected chi connectivity index (χ1v) is 8.68. The highest BCUT2D eigenvalue weighted by Gasteiger charge is 2.27. The van der Waals surface area contributed by atoms with Crippen molar-refractivity contribution in [2.24, 2.45) is 5.10 Å². The van der Waals surface area contributed by atoms with Crippen molar-refractivity contribution in [3.05, 3.63) is 64.2 Å². The summed E-state index contributed by atoms with van der Waals surface area (Å²) in [6.45, 7) is 1.39. The standard InChI is InChI=1S/C19H18N4O6/c1-12(13-6-8-14(9-7-13)23(26)27)21-22-18(24)10-20-19(25)17-11-28-15-4-2-3-5-16(15)29-17/h2-9,17H,10-11H2,1H3,(H,20,25)(H,22,24)/b21-12+/t17-/m0/s1. The summed E-state index contributed by atoms with van der Waals surface area (Å²) in [5, 5.41) is 17.1. The number of rotatable bonds is 6. The second-order valence-corrected chi connectivity index (χ2v) is 6.12. The normalized spacial score (nSPS) is 15.3. The van der Waals surface area contributed by atoms with E-state index in [-0.39, 0.29) is 18.8 Å². The maximum Gasteiger partial charge on any atom is 0.269 e. The molecule has 10 heteroatoms. The molecule has 2 amide bonds. The summed E-state index contributed by atoms with van der Waals surface area (Å²) in [5.41, 5.74) is 3.36. The summed E-state index contributed by atoms with van der Waals surface area (Å²) in [6, 6.07) is 12.8. The number of para-hydroxylation sites is 2. The average molecular weight is 398 g/mol. The molecule has 0 aromatic heterocycles. The SMILES string of the molecule is C/C(=N\NC(=O)CNC(=O)[C@@H]1COc2ccccc2O1)c1ccc([N+](=O)[O-])cc1. The van der Waals surface area contributed by atoms with Gasteiger partial charge in [0.25, 0.3) is 17.5 Å². The zero-order valence-electron chi connectivity index (χ0n) is 15.5. The van der Waals surface area contributed by atoms with E-state index in [1.165, 1.54) is 24.3 Å². The number of non-ortho nitro benzene ring substituents is 1. The third-order valence-electron chi connectivity index (χ3n) is 4.07. The third-order valence-corrected chi connectivity index (χ3v) is 4.07. The van der Waals surface area contributed by atoms with Gasteiger partial charge in [0.2, 0.25) is 6.10 Å². The molecule has 10 nitrogen and oxygen atoms in total. The van der Waals surface area contributed by atoms with Crippen LogP contribution < -0.4 is 20.2 Å². The Bertz CT molecular complexity index is 957. The van der Waals surface area contributed by atoms with E-state index in [1.807, 2.05) is 0 Å². The van der Waals surface area contributed by atoms with Gasteiger partial charge in [0.1, 0.15) is 6.61 Å². The fraction of sp³-hybridized carbons (Fsp3) is 0.211. The number of fused-ring (bicyclic) bond motifs is 1. The lowest BCUT2D eigenvalue weighted by Gasteiger charge is -2.25. The first-order chi connectivity index (χ1) is 13.9. The molecule has 0 unspecified atom stereocenters. The van der Waals surface area contributed by atoms with Crippen LogP contribution in [-0.2, 0) is 9.59 Å². The van der Waals surface area contributed by atoms with E-state index in [0.29, 0.717) is 22.8 Å². The maximum absolute atomic E-state index is 12.2. The first kappa shape index (κ1) is 19.8. The molecular weight excluding hydrogens is 380 g/mol. The lowest BCUT2D eigenvalue weighted by molar-refractivity contribution is -0.384. The minimum atomic E-state index is -0.858. The predicted molar refractivity (Wildman–Crippen MR) is 103 cm³/mol. The molecule has 1 atom stereocenters. The topological polar surface area (TPSA) is 132 Å². The molecule has 0 aliphatic carbocycles. The summed E-state index contributed by atoms with van der Waals surface area (Å²) in [4.78, 5) is 34.3. The summed E-state index contributed by atoms with van der Waals surface area (Å²) >= 11 is 0. The molecular formula is C19H18N4O6. The van der Waals surface area contributed by atoms with Crippen LogP contribution in [-0.4, -0.2) is 41.7 Å². The molecule has 2 N–H and O–H groups in total. The van der Waals surface area contributed by atoms with E-state index < -0.39 is 22.8 Å². The molecule has 29 heavy (non-hydrogen) atoms. The van der Waals surface area contributed by atoms with Gasteiger partial charge in [0.15, 0.2) is 11.5 Å². The molecule has 1 aliphatic heterocycles. The van der Waals surface area contributed by atoms with E-state index in [4.69, 9.17) is 9.47 Å². The number of ether oxygens (including phenoxy) is 2. The van der Waals surface area contributed by atoms with Crippen LogP contribution in [0.3, 0.4) is 0 Å². The van der Waals surface area contributed by atoms with Crippen molar-refractivity contribution >= 4 is 23.2 Å². The molecule has 0 bridgehead atoms. The highest BCUT2D eigenvalue weighted by Crippen LogP contribution is 2.30. The van der Waals surface area contributed by atoms with Crippen LogP contribution in [0.4, 0.5) is 5.69 Å². The van der Waals surface area contributed by atoms with Crippen LogP contribution in [0.2, 0.25) is 0 Å². The molecule has 0 fully saturated rings. The number of hydrazone groups is 1. The van der Waals surface area contributed by atoms with Gasteiger partial charge >= 0.3 is 0 Å². The zero-order valence-corrected chi connectivity index (χ0v) is 15.5. The number of hydrogen-bond acceptors (Lipinski definition) is 7. The minimum absolute atomic E-state index is 0.0372. The summed E-state index contributed by atoms with van der Waals surface area (Å²) < 4.78 is 11.0. The number of carbonyl (C=O) groups excluding carboxylic acids is 2. The molecule has 0 radical (unpaired) electrons. The fourth-order valence-corrected chi connectivity index (χ4v) is 2.50. The molecule has 150 valence electrons. The molecule has 1 heterocycles. The van der Waals surface area contributed by atoms with Crippen LogP contribution in [0.5, 0.6) is 11.5 Å². The first-order valence-electron chi connectivity index (χ1n) is 8.68. The lowest BCUT2D eigenvalue weighted by Crippen LogP contribution is -2.46. The van der Waals surface area contributed by atoms with Crippen LogP contribution in [0.1, 0.15) is 12.5 Å². The van der Waals surface area contributed by atoms with Gasteiger partial charge in [-0.05, 0) is 36.8 Å². The molecule has 0 saturated heterocycles. The van der Waals surface area contributed by atoms with Crippen molar-refractivity contribution in [1.82, 2.24) is 10.7 Å². The van der Waals surface area contributed by atoms with Gasteiger partial charge in [-0.1, -0.05) is 12.1 Å². The number of hydrogen-bond donors (Lipinski definition) is 2. The zero-order chi connectivity index (χ0) is 20.8. The van der Waals surface area contributed by atoms with Crippen molar-refractivity contribution in [3.63, 3.8) is 0 Å². The minimum Gasteiger partial charge on any atom is -0.485 e. The van der Waals surface area contributed by atoms with Crippen molar-refractivity contribution in [2.75, 3.05) is 13.2 Å². The molecule has 3 rings (SSSR count). The molecule has 0 spiro atoms. The number of nitrogens with one attached hydrogen (secondary N) is 2.